The maximum atomic E-state index is 11.7. The van der Waals surface area contributed by atoms with E-state index >= 15 is 0 Å². The predicted octanol–water partition coefficient (Wildman–Crippen LogP) is 2.63. The minimum Gasteiger partial charge on any atom is -0.363 e. The van der Waals surface area contributed by atoms with Crippen LogP contribution in [0.2, 0.25) is 10.3 Å². The number of pyridine rings is 1. The summed E-state index contributed by atoms with van der Waals surface area (Å²) in [6.07, 6.45) is 2.69. The van der Waals surface area contributed by atoms with E-state index in [0.29, 0.717) is 11.3 Å². The number of rotatable bonds is 2. The lowest BCUT2D eigenvalue weighted by atomic mass is 10.2. The summed E-state index contributed by atoms with van der Waals surface area (Å²) >= 11 is 11.3. The lowest BCUT2D eigenvalue weighted by Gasteiger charge is -2.02. The van der Waals surface area contributed by atoms with E-state index in [9.17, 15) is 4.79 Å². The van der Waals surface area contributed by atoms with Crippen LogP contribution >= 0.6 is 23.2 Å². The van der Waals surface area contributed by atoms with Gasteiger partial charge in [-0.25, -0.2) is 4.98 Å². The van der Waals surface area contributed by atoms with Crippen molar-refractivity contribution in [2.45, 2.75) is 0 Å². The first-order chi connectivity index (χ1) is 7.65. The molecule has 0 saturated heterocycles. The van der Waals surface area contributed by atoms with Crippen molar-refractivity contribution in [2.75, 3.05) is 5.32 Å². The molecule has 1 amide bonds. The van der Waals surface area contributed by atoms with E-state index in [-0.39, 0.29) is 16.2 Å². The van der Waals surface area contributed by atoms with Crippen LogP contribution in [0.4, 0.5) is 5.69 Å². The fourth-order valence-corrected chi connectivity index (χ4v) is 1.53. The van der Waals surface area contributed by atoms with Crippen LogP contribution in [0, 0.1) is 0 Å². The van der Waals surface area contributed by atoms with E-state index in [0.717, 1.165) is 0 Å². The Morgan fingerprint density at radius 3 is 2.56 bits per heavy atom. The number of hydrogen-bond donors (Lipinski definition) is 1. The van der Waals surface area contributed by atoms with Crippen LogP contribution in [-0.4, -0.2) is 16.0 Å². The maximum Gasteiger partial charge on any atom is 0.256 e. The predicted molar refractivity (Wildman–Crippen MR) is 58.7 cm³/mol. The van der Waals surface area contributed by atoms with E-state index < -0.39 is 0 Å². The van der Waals surface area contributed by atoms with Gasteiger partial charge >= 0.3 is 0 Å². The summed E-state index contributed by atoms with van der Waals surface area (Å²) in [6.45, 7) is 0. The van der Waals surface area contributed by atoms with Gasteiger partial charge in [-0.3, -0.25) is 4.79 Å². The molecule has 0 bridgehead atoms. The highest BCUT2D eigenvalue weighted by atomic mass is 35.5. The third-order valence-electron chi connectivity index (χ3n) is 1.72. The Morgan fingerprint density at radius 1 is 1.31 bits per heavy atom. The molecule has 2 rings (SSSR count). The van der Waals surface area contributed by atoms with E-state index in [1.807, 2.05) is 0 Å². The van der Waals surface area contributed by atoms with Gasteiger partial charge in [0.05, 0.1) is 6.20 Å². The van der Waals surface area contributed by atoms with Crippen LogP contribution in [0.5, 0.6) is 0 Å². The average Bonchev–Trinajstić information content (AvgIpc) is 2.68. The number of hydrogen-bond acceptors (Lipinski definition) is 4. The van der Waals surface area contributed by atoms with Crippen molar-refractivity contribution < 1.29 is 9.32 Å². The molecule has 0 atom stereocenters. The van der Waals surface area contributed by atoms with Gasteiger partial charge in [0.15, 0.2) is 0 Å². The number of nitrogens with zero attached hydrogens (tertiary/aromatic N) is 2. The Kier molecular flexibility index (Phi) is 3.07. The zero-order valence-corrected chi connectivity index (χ0v) is 9.29. The average molecular weight is 258 g/mol. The van der Waals surface area contributed by atoms with Gasteiger partial charge in [-0.2, -0.15) is 0 Å². The molecule has 2 heterocycles. The van der Waals surface area contributed by atoms with Crippen molar-refractivity contribution in [3.8, 4) is 0 Å². The van der Waals surface area contributed by atoms with Crippen molar-refractivity contribution in [2.24, 2.45) is 0 Å². The summed E-state index contributed by atoms with van der Waals surface area (Å²) in [5, 5.41) is 6.31. The first-order valence-electron chi connectivity index (χ1n) is 4.19. The Balaban J connectivity index is 2.21. The summed E-state index contributed by atoms with van der Waals surface area (Å²) in [4.78, 5) is 15.4. The van der Waals surface area contributed by atoms with Gasteiger partial charge < -0.3 is 9.84 Å². The summed E-state index contributed by atoms with van der Waals surface area (Å²) in [6, 6.07) is 2.83. The van der Waals surface area contributed by atoms with E-state index in [2.05, 4.69) is 20.0 Å². The lowest BCUT2D eigenvalue weighted by molar-refractivity contribution is 0.102. The number of carbonyl (C=O) groups excluding carboxylic acids is 1. The van der Waals surface area contributed by atoms with Crippen molar-refractivity contribution in [1.82, 2.24) is 10.1 Å². The van der Waals surface area contributed by atoms with Crippen molar-refractivity contribution in [3.63, 3.8) is 0 Å². The van der Waals surface area contributed by atoms with Gasteiger partial charge in [-0.15, -0.1) is 0 Å². The molecule has 0 aromatic carbocycles. The number of aromatic nitrogens is 2. The zero-order chi connectivity index (χ0) is 11.5. The summed E-state index contributed by atoms with van der Waals surface area (Å²) < 4.78 is 4.57. The fourth-order valence-electron chi connectivity index (χ4n) is 1.07. The largest absolute Gasteiger partial charge is 0.363 e. The third kappa shape index (κ3) is 2.50. The van der Waals surface area contributed by atoms with Crippen LogP contribution in [0.3, 0.4) is 0 Å². The Morgan fingerprint density at radius 2 is 2.00 bits per heavy atom. The van der Waals surface area contributed by atoms with E-state index in [1.165, 1.54) is 24.6 Å². The Labute approximate surface area is 100 Å². The molecule has 16 heavy (non-hydrogen) atoms. The van der Waals surface area contributed by atoms with Crippen LogP contribution in [0.1, 0.15) is 10.4 Å². The van der Waals surface area contributed by atoms with Crippen molar-refractivity contribution >= 4 is 34.8 Å². The monoisotopic (exact) mass is 257 g/mol. The third-order valence-corrected chi connectivity index (χ3v) is 2.10. The molecule has 0 aliphatic heterocycles. The van der Waals surface area contributed by atoms with Crippen LogP contribution in [0.25, 0.3) is 0 Å². The first kappa shape index (κ1) is 10.9. The molecule has 2 aromatic rings. The normalized spacial score (nSPS) is 10.1. The Bertz CT molecular complexity index is 493. The van der Waals surface area contributed by atoms with Gasteiger partial charge in [0.25, 0.3) is 5.91 Å². The van der Waals surface area contributed by atoms with Gasteiger partial charge in [0.1, 0.15) is 22.3 Å². The molecule has 82 valence electrons. The molecule has 2 aromatic heterocycles. The second-order valence-corrected chi connectivity index (χ2v) is 3.64. The van der Waals surface area contributed by atoms with E-state index in [4.69, 9.17) is 23.2 Å². The second-order valence-electron chi connectivity index (χ2n) is 2.87. The molecule has 0 aliphatic rings. The van der Waals surface area contributed by atoms with Crippen LogP contribution in [-0.2, 0) is 0 Å². The summed E-state index contributed by atoms with van der Waals surface area (Å²) in [7, 11) is 0. The van der Waals surface area contributed by atoms with Gasteiger partial charge in [0, 0.05) is 5.56 Å². The number of amides is 1. The first-order valence-corrected chi connectivity index (χ1v) is 4.94. The number of nitrogens with one attached hydrogen (secondary N) is 1. The molecular formula is C9H5Cl2N3O2. The zero-order valence-electron chi connectivity index (χ0n) is 7.78. The van der Waals surface area contributed by atoms with Crippen LogP contribution < -0.4 is 5.32 Å². The Hall–Kier alpha value is -1.59. The summed E-state index contributed by atoms with van der Waals surface area (Å²) in [5.41, 5.74) is 0.764. The second kappa shape index (κ2) is 4.51. The molecule has 0 saturated carbocycles. The topological polar surface area (TPSA) is 68.0 Å². The standard InChI is InChI=1S/C9H5Cl2N3O2/c10-7-1-5(2-8(11)14-7)9(15)13-6-3-12-16-4-6/h1-4H,(H,13,15). The molecule has 1 N–H and O–H groups in total. The maximum absolute atomic E-state index is 11.7. The molecular weight excluding hydrogens is 253 g/mol. The fraction of sp³-hybridized carbons (Fsp3) is 0. The molecule has 0 spiro atoms. The number of carbonyl (C=O) groups is 1. The lowest BCUT2D eigenvalue weighted by Crippen LogP contribution is -2.11. The van der Waals surface area contributed by atoms with E-state index in [1.54, 1.807) is 0 Å². The minimum absolute atomic E-state index is 0.156. The van der Waals surface area contributed by atoms with Gasteiger partial charge in [0.2, 0.25) is 0 Å². The highest BCUT2D eigenvalue weighted by molar-refractivity contribution is 6.33. The summed E-state index contributed by atoms with van der Waals surface area (Å²) in [5.74, 6) is -0.366. The smallest absolute Gasteiger partial charge is 0.256 e. The van der Waals surface area contributed by atoms with Gasteiger partial charge in [-0.05, 0) is 12.1 Å². The highest BCUT2D eigenvalue weighted by Crippen LogP contribution is 2.16. The number of halogens is 2. The molecule has 0 radical (unpaired) electrons. The quantitative estimate of drug-likeness (QED) is 0.840. The SMILES string of the molecule is O=C(Nc1cnoc1)c1cc(Cl)nc(Cl)c1. The van der Waals surface area contributed by atoms with Crippen LogP contribution in [0.15, 0.2) is 29.1 Å². The molecule has 0 unspecified atom stereocenters. The van der Waals surface area contributed by atoms with Gasteiger partial charge in [-0.1, -0.05) is 28.4 Å². The molecule has 0 aliphatic carbocycles. The molecule has 7 heteroatoms. The van der Waals surface area contributed by atoms with Crippen molar-refractivity contribution in [1.29, 1.82) is 0 Å². The molecule has 0 fully saturated rings. The molecule has 5 nitrogen and oxygen atoms in total. The number of anilines is 1. The van der Waals surface area contributed by atoms with Crippen molar-refractivity contribution in [3.05, 3.63) is 40.5 Å². The minimum atomic E-state index is -0.366. The highest BCUT2D eigenvalue weighted by Gasteiger charge is 2.09.